The molecule has 16 heavy (non-hydrogen) atoms. The SMILES string of the molecule is Oc1c(C2CC2)cc(C2CC2)cc1C1CC1. The summed E-state index contributed by atoms with van der Waals surface area (Å²) in [4.78, 5) is 0. The number of hydrogen-bond acceptors (Lipinski definition) is 1. The van der Waals surface area contributed by atoms with Gasteiger partial charge in [-0.05, 0) is 73.0 Å². The third-order valence-electron chi connectivity index (χ3n) is 4.27. The van der Waals surface area contributed by atoms with Crippen molar-refractivity contribution in [2.75, 3.05) is 0 Å². The molecule has 1 aromatic rings. The highest BCUT2D eigenvalue weighted by Gasteiger charge is 2.34. The zero-order valence-corrected chi connectivity index (χ0v) is 9.58. The monoisotopic (exact) mass is 214 g/mol. The van der Waals surface area contributed by atoms with E-state index in [2.05, 4.69) is 12.1 Å². The molecular formula is C15H18O. The van der Waals surface area contributed by atoms with Crippen LogP contribution in [-0.4, -0.2) is 5.11 Å². The Morgan fingerprint density at radius 2 is 1.19 bits per heavy atom. The smallest absolute Gasteiger partial charge is 0.122 e. The second-order valence-electron chi connectivity index (χ2n) is 5.87. The predicted octanol–water partition coefficient (Wildman–Crippen LogP) is 4.02. The molecule has 3 aliphatic carbocycles. The Hall–Kier alpha value is -0.980. The molecule has 3 saturated carbocycles. The predicted molar refractivity (Wildman–Crippen MR) is 64.0 cm³/mol. The highest BCUT2D eigenvalue weighted by Crippen LogP contribution is 2.53. The van der Waals surface area contributed by atoms with E-state index in [0.717, 1.165) is 5.92 Å². The van der Waals surface area contributed by atoms with E-state index in [1.54, 1.807) is 0 Å². The van der Waals surface area contributed by atoms with Gasteiger partial charge in [-0.2, -0.15) is 0 Å². The summed E-state index contributed by atoms with van der Waals surface area (Å²) in [6, 6.07) is 4.60. The van der Waals surface area contributed by atoms with Gasteiger partial charge in [-0.3, -0.25) is 0 Å². The second kappa shape index (κ2) is 3.03. The average Bonchev–Trinajstić information content (AvgIpc) is 3.16. The maximum absolute atomic E-state index is 10.3. The number of phenols is 1. The van der Waals surface area contributed by atoms with Gasteiger partial charge in [-0.25, -0.2) is 0 Å². The zero-order chi connectivity index (χ0) is 10.7. The maximum Gasteiger partial charge on any atom is 0.122 e. The normalized spacial score (nSPS) is 24.8. The molecule has 1 N–H and O–H groups in total. The molecule has 0 aliphatic heterocycles. The Labute approximate surface area is 96.5 Å². The van der Waals surface area contributed by atoms with Gasteiger partial charge in [0.15, 0.2) is 0 Å². The lowest BCUT2D eigenvalue weighted by atomic mass is 9.96. The minimum Gasteiger partial charge on any atom is -0.507 e. The molecule has 0 unspecified atom stereocenters. The Balaban J connectivity index is 1.83. The van der Waals surface area contributed by atoms with Crippen LogP contribution < -0.4 is 0 Å². The lowest BCUT2D eigenvalue weighted by Crippen LogP contribution is -1.92. The van der Waals surface area contributed by atoms with Crippen LogP contribution >= 0.6 is 0 Å². The minimum absolute atomic E-state index is 0.648. The van der Waals surface area contributed by atoms with Gasteiger partial charge in [0.1, 0.15) is 5.75 Å². The largest absolute Gasteiger partial charge is 0.507 e. The van der Waals surface area contributed by atoms with Gasteiger partial charge in [-0.15, -0.1) is 0 Å². The Bertz CT molecular complexity index is 404. The average molecular weight is 214 g/mol. The minimum atomic E-state index is 0.648. The fourth-order valence-corrected chi connectivity index (χ4v) is 2.77. The first kappa shape index (κ1) is 9.09. The zero-order valence-electron chi connectivity index (χ0n) is 9.58. The first-order valence-corrected chi connectivity index (χ1v) is 6.69. The standard InChI is InChI=1S/C15H18O/c16-15-13(10-3-4-10)7-12(9-1-2-9)8-14(15)11-5-6-11/h7-11,16H,1-6H2. The van der Waals surface area contributed by atoms with E-state index in [1.165, 1.54) is 55.2 Å². The van der Waals surface area contributed by atoms with Gasteiger partial charge >= 0.3 is 0 Å². The summed E-state index contributed by atoms with van der Waals surface area (Å²) in [5.74, 6) is 2.82. The summed E-state index contributed by atoms with van der Waals surface area (Å²) in [5, 5.41) is 10.3. The highest BCUT2D eigenvalue weighted by molar-refractivity contribution is 5.51. The van der Waals surface area contributed by atoms with E-state index in [1.807, 2.05) is 0 Å². The van der Waals surface area contributed by atoms with Gasteiger partial charge in [0.2, 0.25) is 0 Å². The summed E-state index contributed by atoms with van der Waals surface area (Å²) in [7, 11) is 0. The van der Waals surface area contributed by atoms with Gasteiger partial charge < -0.3 is 5.11 Å². The molecule has 0 amide bonds. The molecule has 1 nitrogen and oxygen atoms in total. The van der Waals surface area contributed by atoms with E-state index in [9.17, 15) is 5.11 Å². The summed E-state index contributed by atoms with van der Waals surface area (Å²) in [6.07, 6.45) is 7.85. The van der Waals surface area contributed by atoms with Crippen molar-refractivity contribution in [1.82, 2.24) is 0 Å². The van der Waals surface area contributed by atoms with E-state index in [4.69, 9.17) is 0 Å². The van der Waals surface area contributed by atoms with Crippen LogP contribution in [0.5, 0.6) is 5.75 Å². The van der Waals surface area contributed by atoms with Gasteiger partial charge in [0, 0.05) is 0 Å². The second-order valence-corrected chi connectivity index (χ2v) is 5.87. The van der Waals surface area contributed by atoms with Crippen molar-refractivity contribution in [3.05, 3.63) is 28.8 Å². The number of rotatable bonds is 3. The van der Waals surface area contributed by atoms with Crippen LogP contribution in [0, 0.1) is 0 Å². The van der Waals surface area contributed by atoms with Crippen molar-refractivity contribution in [3.8, 4) is 5.75 Å². The molecule has 3 aliphatic rings. The van der Waals surface area contributed by atoms with Crippen molar-refractivity contribution >= 4 is 0 Å². The summed E-state index contributed by atoms with van der Waals surface area (Å²) >= 11 is 0. The number of aromatic hydroxyl groups is 1. The molecule has 0 bridgehead atoms. The molecule has 1 heteroatoms. The van der Waals surface area contributed by atoms with Gasteiger partial charge in [-0.1, -0.05) is 12.1 Å². The van der Waals surface area contributed by atoms with Crippen molar-refractivity contribution in [3.63, 3.8) is 0 Å². The molecule has 0 radical (unpaired) electrons. The molecule has 4 rings (SSSR count). The summed E-state index contributed by atoms with van der Waals surface area (Å²) in [5.41, 5.74) is 4.05. The Morgan fingerprint density at radius 3 is 1.56 bits per heavy atom. The third kappa shape index (κ3) is 1.45. The highest BCUT2D eigenvalue weighted by atomic mass is 16.3. The summed E-state index contributed by atoms with van der Waals surface area (Å²) < 4.78 is 0. The van der Waals surface area contributed by atoms with Crippen LogP contribution in [0.2, 0.25) is 0 Å². The van der Waals surface area contributed by atoms with Crippen LogP contribution in [-0.2, 0) is 0 Å². The number of benzene rings is 1. The van der Waals surface area contributed by atoms with Crippen LogP contribution in [0.25, 0.3) is 0 Å². The maximum atomic E-state index is 10.3. The molecule has 3 fully saturated rings. The Morgan fingerprint density at radius 1 is 0.750 bits per heavy atom. The van der Waals surface area contributed by atoms with Crippen LogP contribution in [0.1, 0.15) is 73.0 Å². The quantitative estimate of drug-likeness (QED) is 0.805. The van der Waals surface area contributed by atoms with E-state index < -0.39 is 0 Å². The molecule has 0 atom stereocenters. The topological polar surface area (TPSA) is 20.2 Å². The lowest BCUT2D eigenvalue weighted by molar-refractivity contribution is 0.461. The van der Waals surface area contributed by atoms with Crippen molar-refractivity contribution < 1.29 is 5.11 Å². The first-order chi connectivity index (χ1) is 7.83. The molecular weight excluding hydrogens is 196 g/mol. The molecule has 1 aromatic carbocycles. The van der Waals surface area contributed by atoms with Crippen LogP contribution in [0.4, 0.5) is 0 Å². The molecule has 84 valence electrons. The molecule has 0 spiro atoms. The molecule has 0 heterocycles. The van der Waals surface area contributed by atoms with Crippen molar-refractivity contribution in [2.24, 2.45) is 0 Å². The van der Waals surface area contributed by atoms with Crippen LogP contribution in [0.15, 0.2) is 12.1 Å². The van der Waals surface area contributed by atoms with E-state index in [0.29, 0.717) is 17.6 Å². The molecule has 0 aromatic heterocycles. The van der Waals surface area contributed by atoms with Gasteiger partial charge in [0.05, 0.1) is 0 Å². The fraction of sp³-hybridized carbons (Fsp3) is 0.600. The fourth-order valence-electron chi connectivity index (χ4n) is 2.77. The van der Waals surface area contributed by atoms with Gasteiger partial charge in [0.25, 0.3) is 0 Å². The molecule has 0 saturated heterocycles. The van der Waals surface area contributed by atoms with E-state index >= 15 is 0 Å². The van der Waals surface area contributed by atoms with Crippen molar-refractivity contribution in [2.45, 2.75) is 56.3 Å². The number of phenolic OH excluding ortho intramolecular Hbond substituents is 1. The first-order valence-electron chi connectivity index (χ1n) is 6.69. The van der Waals surface area contributed by atoms with Crippen molar-refractivity contribution in [1.29, 1.82) is 0 Å². The number of hydrogen-bond donors (Lipinski definition) is 1. The lowest BCUT2D eigenvalue weighted by Gasteiger charge is -2.12. The van der Waals surface area contributed by atoms with Crippen LogP contribution in [0.3, 0.4) is 0 Å². The summed E-state index contributed by atoms with van der Waals surface area (Å²) in [6.45, 7) is 0. The third-order valence-corrected chi connectivity index (χ3v) is 4.27. The van der Waals surface area contributed by atoms with E-state index in [-0.39, 0.29) is 0 Å². The Kier molecular flexibility index (Phi) is 1.72.